The molecule has 3 rings (SSSR count). The van der Waals surface area contributed by atoms with Crippen molar-refractivity contribution in [3.8, 4) is 5.75 Å². The van der Waals surface area contributed by atoms with E-state index in [2.05, 4.69) is 31.0 Å². The predicted octanol–water partition coefficient (Wildman–Crippen LogP) is 2.15. The summed E-state index contributed by atoms with van der Waals surface area (Å²) in [7, 11) is 3.30. The zero-order chi connectivity index (χ0) is 21.5. The van der Waals surface area contributed by atoms with Crippen molar-refractivity contribution in [3.05, 3.63) is 35.1 Å². The Balaban J connectivity index is 1.53. The number of anilines is 2. The van der Waals surface area contributed by atoms with E-state index in [1.54, 1.807) is 30.9 Å². The number of benzene rings is 1. The molecule has 3 aromatic rings. The van der Waals surface area contributed by atoms with E-state index in [-0.39, 0.29) is 24.0 Å². The summed E-state index contributed by atoms with van der Waals surface area (Å²) in [6, 6.07) is 7.16. The molecule has 0 saturated carbocycles. The van der Waals surface area contributed by atoms with E-state index in [4.69, 9.17) is 4.74 Å². The Morgan fingerprint density at radius 1 is 1.13 bits per heavy atom. The van der Waals surface area contributed by atoms with Gasteiger partial charge in [-0.25, -0.2) is 0 Å². The number of aromatic nitrogens is 5. The molecular weight excluding hydrogens is 426 g/mol. The monoisotopic (exact) mass is 447 g/mol. The summed E-state index contributed by atoms with van der Waals surface area (Å²) in [6.45, 7) is 1.98. The summed E-state index contributed by atoms with van der Waals surface area (Å²) in [5.41, 5.74) is 0.585. The van der Waals surface area contributed by atoms with Gasteiger partial charge in [-0.05, 0) is 18.6 Å². The maximum absolute atomic E-state index is 12.4. The van der Waals surface area contributed by atoms with Gasteiger partial charge in [-0.3, -0.25) is 14.9 Å². The van der Waals surface area contributed by atoms with Gasteiger partial charge in [0, 0.05) is 7.05 Å². The molecule has 0 bridgehead atoms. The average Bonchev–Trinajstić information content (AvgIpc) is 3.33. The zero-order valence-electron chi connectivity index (χ0n) is 16.7. The molecule has 158 valence electrons. The van der Waals surface area contributed by atoms with E-state index in [9.17, 15) is 9.59 Å². The molecule has 2 N–H and O–H groups in total. The van der Waals surface area contributed by atoms with Crippen LogP contribution >= 0.6 is 23.1 Å². The molecule has 0 saturated heterocycles. The van der Waals surface area contributed by atoms with Crippen molar-refractivity contribution in [2.45, 2.75) is 24.9 Å². The molecule has 0 aliphatic carbocycles. The van der Waals surface area contributed by atoms with Crippen molar-refractivity contribution in [1.29, 1.82) is 0 Å². The van der Waals surface area contributed by atoms with E-state index < -0.39 is 0 Å². The fourth-order valence-electron chi connectivity index (χ4n) is 2.44. The molecule has 0 atom stereocenters. The maximum Gasteiger partial charge on any atom is 0.236 e. The summed E-state index contributed by atoms with van der Waals surface area (Å²) in [5, 5.41) is 23.4. The third-order valence-electron chi connectivity index (χ3n) is 3.97. The number of ether oxygens (including phenoxy) is 1. The largest absolute Gasteiger partial charge is 0.495 e. The first-order chi connectivity index (χ1) is 14.5. The standard InChI is InChI=1S/C18H21N7O3S2/c1-4-16-22-23-17(30-16)20-15(27)10-29-18-24-21-13(25(18)2)9-14(26)19-11-7-5-6-8-12(11)28-3/h5-8H,4,9-10H2,1-3H3,(H,19,26)(H,20,23,27). The Bertz CT molecular complexity index is 1030. The molecule has 0 fully saturated rings. The predicted molar refractivity (Wildman–Crippen MR) is 115 cm³/mol. The number of aryl methyl sites for hydroxylation is 1. The molecule has 0 spiro atoms. The highest BCUT2D eigenvalue weighted by atomic mass is 32.2. The maximum atomic E-state index is 12.4. The average molecular weight is 448 g/mol. The summed E-state index contributed by atoms with van der Waals surface area (Å²) in [5.74, 6) is 0.750. The molecule has 1 aromatic carbocycles. The van der Waals surface area contributed by atoms with Crippen LogP contribution in [0.3, 0.4) is 0 Å². The van der Waals surface area contributed by atoms with Gasteiger partial charge in [-0.1, -0.05) is 42.2 Å². The number of nitrogens with zero attached hydrogens (tertiary/aromatic N) is 5. The van der Waals surface area contributed by atoms with Gasteiger partial charge < -0.3 is 14.6 Å². The molecule has 2 aromatic heterocycles. The van der Waals surface area contributed by atoms with Crippen molar-refractivity contribution in [2.24, 2.45) is 7.05 Å². The molecular formula is C18H21N7O3S2. The van der Waals surface area contributed by atoms with Gasteiger partial charge >= 0.3 is 0 Å². The first kappa shape index (κ1) is 21.7. The third kappa shape index (κ3) is 5.54. The van der Waals surface area contributed by atoms with Crippen LogP contribution in [0.1, 0.15) is 17.8 Å². The molecule has 2 amide bonds. The number of thioether (sulfide) groups is 1. The number of hydrogen-bond donors (Lipinski definition) is 2. The quantitative estimate of drug-likeness (QED) is 0.478. The molecule has 0 aliphatic rings. The SMILES string of the molecule is CCc1nnc(NC(=O)CSc2nnc(CC(=O)Nc3ccccc3OC)n2C)s1. The van der Waals surface area contributed by atoms with Gasteiger partial charge in [0.2, 0.25) is 16.9 Å². The normalized spacial score (nSPS) is 10.6. The minimum atomic E-state index is -0.243. The van der Waals surface area contributed by atoms with Crippen LogP contribution in [0.25, 0.3) is 0 Å². The Morgan fingerprint density at radius 2 is 1.93 bits per heavy atom. The number of amides is 2. The fraction of sp³-hybridized carbons (Fsp3) is 0.333. The van der Waals surface area contributed by atoms with E-state index in [1.165, 1.54) is 23.1 Å². The number of nitrogens with one attached hydrogen (secondary N) is 2. The Kier molecular flexibility index (Phi) is 7.36. The Hall–Kier alpha value is -2.99. The smallest absolute Gasteiger partial charge is 0.236 e. The number of methoxy groups -OCH3 is 1. The number of hydrogen-bond acceptors (Lipinski definition) is 9. The van der Waals surface area contributed by atoms with Gasteiger partial charge in [0.05, 0.1) is 25.0 Å². The lowest BCUT2D eigenvalue weighted by molar-refractivity contribution is -0.116. The second kappa shape index (κ2) is 10.2. The van der Waals surface area contributed by atoms with Crippen molar-refractivity contribution in [1.82, 2.24) is 25.0 Å². The van der Waals surface area contributed by atoms with Crippen LogP contribution in [-0.4, -0.2) is 49.6 Å². The molecule has 12 heteroatoms. The molecule has 30 heavy (non-hydrogen) atoms. The Morgan fingerprint density at radius 3 is 2.67 bits per heavy atom. The highest BCUT2D eigenvalue weighted by Crippen LogP contribution is 2.23. The van der Waals surface area contributed by atoms with Crippen LogP contribution in [-0.2, 0) is 29.5 Å². The van der Waals surface area contributed by atoms with E-state index >= 15 is 0 Å². The zero-order valence-corrected chi connectivity index (χ0v) is 18.3. The minimum Gasteiger partial charge on any atom is -0.495 e. The van der Waals surface area contributed by atoms with Crippen LogP contribution < -0.4 is 15.4 Å². The Labute approximate surface area is 181 Å². The number of para-hydroxylation sites is 2. The first-order valence-electron chi connectivity index (χ1n) is 9.06. The van der Waals surface area contributed by atoms with Crippen LogP contribution in [0.2, 0.25) is 0 Å². The van der Waals surface area contributed by atoms with Crippen molar-refractivity contribution < 1.29 is 14.3 Å². The van der Waals surface area contributed by atoms with Crippen molar-refractivity contribution >= 4 is 45.7 Å². The first-order valence-corrected chi connectivity index (χ1v) is 10.9. The molecule has 2 heterocycles. The summed E-state index contributed by atoms with van der Waals surface area (Å²) >= 11 is 2.58. The summed E-state index contributed by atoms with van der Waals surface area (Å²) in [4.78, 5) is 24.5. The lowest BCUT2D eigenvalue weighted by atomic mass is 10.2. The third-order valence-corrected chi connectivity index (χ3v) is 5.98. The molecule has 10 nitrogen and oxygen atoms in total. The number of carbonyl (C=O) groups is 2. The molecule has 0 radical (unpaired) electrons. The highest BCUT2D eigenvalue weighted by Gasteiger charge is 2.16. The van der Waals surface area contributed by atoms with Gasteiger partial charge in [-0.15, -0.1) is 20.4 Å². The highest BCUT2D eigenvalue weighted by molar-refractivity contribution is 7.99. The van der Waals surface area contributed by atoms with Gasteiger partial charge in [0.15, 0.2) is 5.16 Å². The second-order valence-electron chi connectivity index (χ2n) is 6.07. The van der Waals surface area contributed by atoms with Crippen LogP contribution in [0.5, 0.6) is 5.75 Å². The summed E-state index contributed by atoms with van der Waals surface area (Å²) < 4.78 is 6.93. The summed E-state index contributed by atoms with van der Waals surface area (Å²) in [6.07, 6.45) is 0.813. The molecule has 0 aliphatic heterocycles. The number of rotatable bonds is 9. The van der Waals surface area contributed by atoms with E-state index in [0.717, 1.165) is 11.4 Å². The minimum absolute atomic E-state index is 0.0406. The lowest BCUT2D eigenvalue weighted by Crippen LogP contribution is -2.17. The van der Waals surface area contributed by atoms with E-state index in [1.807, 2.05) is 19.1 Å². The van der Waals surface area contributed by atoms with Crippen LogP contribution in [0.4, 0.5) is 10.8 Å². The van der Waals surface area contributed by atoms with Crippen LogP contribution in [0.15, 0.2) is 29.4 Å². The van der Waals surface area contributed by atoms with Crippen molar-refractivity contribution in [2.75, 3.05) is 23.5 Å². The van der Waals surface area contributed by atoms with Crippen LogP contribution in [0, 0.1) is 0 Å². The van der Waals surface area contributed by atoms with Gasteiger partial charge in [-0.2, -0.15) is 0 Å². The molecule has 0 unspecified atom stereocenters. The van der Waals surface area contributed by atoms with Crippen molar-refractivity contribution in [3.63, 3.8) is 0 Å². The fourth-order valence-corrected chi connectivity index (χ4v) is 3.87. The topological polar surface area (TPSA) is 124 Å². The second-order valence-corrected chi connectivity index (χ2v) is 8.08. The van der Waals surface area contributed by atoms with Gasteiger partial charge in [0.1, 0.15) is 16.6 Å². The lowest BCUT2D eigenvalue weighted by Gasteiger charge is -2.09. The van der Waals surface area contributed by atoms with Gasteiger partial charge in [0.25, 0.3) is 0 Å². The number of carbonyl (C=O) groups excluding carboxylic acids is 2. The van der Waals surface area contributed by atoms with E-state index in [0.29, 0.717) is 27.5 Å².